The zero-order valence-electron chi connectivity index (χ0n) is 16.2. The SMILES string of the molecule is CC(C)c1[nH]nc(C(=O)N(Cc2ccc(C(=O)NC3CC3)cc2)C2CC2)c1Br. The highest BCUT2D eigenvalue weighted by atomic mass is 79.9. The zero-order chi connectivity index (χ0) is 19.8. The van der Waals surface area contributed by atoms with Crippen molar-refractivity contribution in [1.29, 1.82) is 0 Å². The number of carbonyl (C=O) groups excluding carboxylic acids is 2. The van der Waals surface area contributed by atoms with Gasteiger partial charge >= 0.3 is 0 Å². The maximum Gasteiger partial charge on any atom is 0.276 e. The number of aromatic nitrogens is 2. The molecule has 4 rings (SSSR count). The number of amides is 2. The number of aromatic amines is 1. The van der Waals surface area contributed by atoms with Gasteiger partial charge in [-0.2, -0.15) is 5.10 Å². The fraction of sp³-hybridized carbons (Fsp3) is 0.476. The Balaban J connectivity index is 1.48. The van der Waals surface area contributed by atoms with Crippen LogP contribution in [-0.2, 0) is 6.54 Å². The second-order valence-electron chi connectivity index (χ2n) is 8.06. The first kappa shape index (κ1) is 19.2. The van der Waals surface area contributed by atoms with Crippen molar-refractivity contribution in [1.82, 2.24) is 20.4 Å². The quantitative estimate of drug-likeness (QED) is 0.677. The Bertz CT molecular complexity index is 882. The van der Waals surface area contributed by atoms with Crippen molar-refractivity contribution in [2.75, 3.05) is 0 Å². The summed E-state index contributed by atoms with van der Waals surface area (Å²) in [6.07, 6.45) is 4.19. The van der Waals surface area contributed by atoms with Gasteiger partial charge in [0.25, 0.3) is 11.8 Å². The molecule has 28 heavy (non-hydrogen) atoms. The second kappa shape index (κ2) is 7.70. The number of H-pyrrole nitrogens is 1. The molecular weight excluding hydrogens is 420 g/mol. The molecular formula is C21H25BrN4O2. The lowest BCUT2D eigenvalue weighted by molar-refractivity contribution is 0.0722. The van der Waals surface area contributed by atoms with Gasteiger partial charge in [-0.25, -0.2) is 0 Å². The lowest BCUT2D eigenvalue weighted by Gasteiger charge is -2.22. The van der Waals surface area contributed by atoms with Crippen molar-refractivity contribution in [3.63, 3.8) is 0 Å². The van der Waals surface area contributed by atoms with Gasteiger partial charge in [-0.15, -0.1) is 0 Å². The molecule has 148 valence electrons. The van der Waals surface area contributed by atoms with Gasteiger partial charge in [0.2, 0.25) is 0 Å². The maximum absolute atomic E-state index is 13.1. The van der Waals surface area contributed by atoms with Crippen LogP contribution in [0.3, 0.4) is 0 Å². The smallest absolute Gasteiger partial charge is 0.276 e. The minimum atomic E-state index is -0.0620. The molecule has 0 bridgehead atoms. The number of carbonyl (C=O) groups is 2. The Labute approximate surface area is 173 Å². The molecule has 0 radical (unpaired) electrons. The van der Waals surface area contributed by atoms with E-state index in [1.807, 2.05) is 29.2 Å². The number of halogens is 1. The van der Waals surface area contributed by atoms with Crippen LogP contribution in [0, 0.1) is 0 Å². The van der Waals surface area contributed by atoms with E-state index in [1.54, 1.807) is 0 Å². The fourth-order valence-corrected chi connectivity index (χ4v) is 4.01. The number of benzene rings is 1. The summed E-state index contributed by atoms with van der Waals surface area (Å²) in [7, 11) is 0. The van der Waals surface area contributed by atoms with Gasteiger partial charge in [0.05, 0.1) is 10.2 Å². The van der Waals surface area contributed by atoms with Gasteiger partial charge in [-0.3, -0.25) is 14.7 Å². The Morgan fingerprint density at radius 1 is 1.21 bits per heavy atom. The van der Waals surface area contributed by atoms with Crippen LogP contribution in [-0.4, -0.2) is 39.0 Å². The summed E-state index contributed by atoms with van der Waals surface area (Å²) < 4.78 is 0.755. The molecule has 2 aromatic rings. The molecule has 0 saturated heterocycles. The number of hydrogen-bond acceptors (Lipinski definition) is 3. The standard InChI is InChI=1S/C21H25BrN4O2/c1-12(2)18-17(22)19(25-24-18)21(28)26(16-9-10-16)11-13-3-5-14(6-4-13)20(27)23-15-7-8-15/h3-6,12,15-16H,7-11H2,1-2H3,(H,23,27)(H,24,25). The van der Waals surface area contributed by atoms with E-state index in [1.165, 1.54) is 0 Å². The molecule has 2 amide bonds. The fourth-order valence-electron chi connectivity index (χ4n) is 3.21. The lowest BCUT2D eigenvalue weighted by atomic mass is 10.1. The van der Waals surface area contributed by atoms with Crippen molar-refractivity contribution in [3.8, 4) is 0 Å². The van der Waals surface area contributed by atoms with Crippen molar-refractivity contribution in [3.05, 3.63) is 51.3 Å². The number of rotatable bonds is 7. The van der Waals surface area contributed by atoms with E-state index in [4.69, 9.17) is 0 Å². The number of hydrogen-bond donors (Lipinski definition) is 2. The van der Waals surface area contributed by atoms with Crippen LogP contribution in [0.1, 0.15) is 77.6 Å². The third-order valence-corrected chi connectivity index (χ3v) is 6.05. The molecule has 0 aliphatic heterocycles. The Morgan fingerprint density at radius 2 is 1.89 bits per heavy atom. The van der Waals surface area contributed by atoms with E-state index in [9.17, 15) is 9.59 Å². The van der Waals surface area contributed by atoms with E-state index in [0.29, 0.717) is 23.8 Å². The van der Waals surface area contributed by atoms with E-state index >= 15 is 0 Å². The number of nitrogens with one attached hydrogen (secondary N) is 2. The maximum atomic E-state index is 13.1. The Morgan fingerprint density at radius 3 is 2.43 bits per heavy atom. The van der Waals surface area contributed by atoms with E-state index in [2.05, 4.69) is 45.3 Å². The van der Waals surface area contributed by atoms with Crippen LogP contribution in [0.5, 0.6) is 0 Å². The summed E-state index contributed by atoms with van der Waals surface area (Å²) in [5.74, 6) is 0.172. The topological polar surface area (TPSA) is 78.1 Å². The van der Waals surface area contributed by atoms with E-state index in [0.717, 1.165) is 41.4 Å². The summed E-state index contributed by atoms with van der Waals surface area (Å²) in [5.41, 5.74) is 3.05. The minimum absolute atomic E-state index is 0.0224. The summed E-state index contributed by atoms with van der Waals surface area (Å²) in [6.45, 7) is 4.64. The molecule has 6 nitrogen and oxygen atoms in total. The minimum Gasteiger partial charge on any atom is -0.349 e. The van der Waals surface area contributed by atoms with E-state index in [-0.39, 0.29) is 23.8 Å². The predicted molar refractivity (Wildman–Crippen MR) is 110 cm³/mol. The average molecular weight is 445 g/mol. The lowest BCUT2D eigenvalue weighted by Crippen LogP contribution is -2.33. The molecule has 2 aliphatic rings. The molecule has 2 saturated carbocycles. The highest BCUT2D eigenvalue weighted by Gasteiger charge is 2.35. The van der Waals surface area contributed by atoms with Gasteiger partial charge in [-0.05, 0) is 65.2 Å². The van der Waals surface area contributed by atoms with Crippen molar-refractivity contribution < 1.29 is 9.59 Å². The molecule has 1 heterocycles. The third-order valence-electron chi connectivity index (χ3n) is 5.24. The van der Waals surface area contributed by atoms with Gasteiger partial charge < -0.3 is 10.2 Å². The normalized spacial score (nSPS) is 16.3. The van der Waals surface area contributed by atoms with Crippen molar-refractivity contribution >= 4 is 27.7 Å². The molecule has 7 heteroatoms. The molecule has 2 fully saturated rings. The molecule has 0 atom stereocenters. The first-order chi connectivity index (χ1) is 13.4. The van der Waals surface area contributed by atoms with Crippen molar-refractivity contribution in [2.24, 2.45) is 0 Å². The van der Waals surface area contributed by atoms with Crippen molar-refractivity contribution in [2.45, 2.75) is 64.1 Å². The Hall–Kier alpha value is -2.15. The average Bonchev–Trinajstić information content (AvgIpc) is 3.59. The molecule has 1 aromatic heterocycles. The second-order valence-corrected chi connectivity index (χ2v) is 8.86. The Kier molecular flexibility index (Phi) is 5.27. The predicted octanol–water partition coefficient (Wildman–Crippen LogP) is 3.99. The van der Waals surface area contributed by atoms with Gasteiger partial charge in [0.15, 0.2) is 5.69 Å². The summed E-state index contributed by atoms with van der Waals surface area (Å²) in [4.78, 5) is 27.2. The first-order valence-electron chi connectivity index (χ1n) is 9.88. The van der Waals surface area contributed by atoms with Crippen LogP contribution >= 0.6 is 15.9 Å². The van der Waals surface area contributed by atoms with Crippen LogP contribution in [0.2, 0.25) is 0 Å². The highest BCUT2D eigenvalue weighted by Crippen LogP contribution is 2.32. The largest absolute Gasteiger partial charge is 0.349 e. The van der Waals surface area contributed by atoms with Crippen LogP contribution in [0.25, 0.3) is 0 Å². The van der Waals surface area contributed by atoms with Crippen LogP contribution in [0.4, 0.5) is 0 Å². The molecule has 2 N–H and O–H groups in total. The van der Waals surface area contributed by atoms with Gasteiger partial charge in [0.1, 0.15) is 0 Å². The van der Waals surface area contributed by atoms with E-state index < -0.39 is 0 Å². The molecule has 1 aromatic carbocycles. The van der Waals surface area contributed by atoms with Crippen LogP contribution in [0.15, 0.2) is 28.7 Å². The summed E-state index contributed by atoms with van der Waals surface area (Å²) in [5, 5.41) is 10.2. The third kappa shape index (κ3) is 4.14. The monoisotopic (exact) mass is 444 g/mol. The van der Waals surface area contributed by atoms with Gasteiger partial charge in [-0.1, -0.05) is 26.0 Å². The zero-order valence-corrected chi connectivity index (χ0v) is 17.8. The summed E-state index contributed by atoms with van der Waals surface area (Å²) in [6, 6.07) is 8.15. The first-order valence-corrected chi connectivity index (χ1v) is 10.7. The molecule has 0 spiro atoms. The molecule has 0 unspecified atom stereocenters. The number of nitrogens with zero attached hydrogens (tertiary/aromatic N) is 2. The summed E-state index contributed by atoms with van der Waals surface area (Å²) >= 11 is 3.54. The van der Waals surface area contributed by atoms with Crippen LogP contribution < -0.4 is 5.32 Å². The molecule has 2 aliphatic carbocycles. The van der Waals surface area contributed by atoms with Gasteiger partial charge in [0, 0.05) is 24.2 Å². The highest BCUT2D eigenvalue weighted by molar-refractivity contribution is 9.10.